The number of aromatic nitrogens is 1. The third-order valence-corrected chi connectivity index (χ3v) is 2.97. The molecular formula is C15H14N2. The van der Waals surface area contributed by atoms with Crippen LogP contribution in [0.1, 0.15) is 5.56 Å². The van der Waals surface area contributed by atoms with Crippen molar-refractivity contribution in [2.24, 2.45) is 0 Å². The lowest BCUT2D eigenvalue weighted by molar-refractivity contribution is 0.407. The fourth-order valence-electron chi connectivity index (χ4n) is 2.14. The summed E-state index contributed by atoms with van der Waals surface area (Å²) < 4.78 is 0. The quantitative estimate of drug-likeness (QED) is 0.776. The fraction of sp³-hybridized carbons (Fsp3) is 0.133. The van der Waals surface area contributed by atoms with E-state index in [0.717, 1.165) is 18.6 Å². The zero-order chi connectivity index (χ0) is 11.5. The molecule has 1 aromatic carbocycles. The van der Waals surface area contributed by atoms with Gasteiger partial charge in [0.25, 0.3) is 0 Å². The summed E-state index contributed by atoms with van der Waals surface area (Å²) in [5, 5.41) is 1.21. The summed E-state index contributed by atoms with van der Waals surface area (Å²) in [6.45, 7) is 1.88. The van der Waals surface area contributed by atoms with E-state index >= 15 is 0 Å². The maximum atomic E-state index is 4.48. The van der Waals surface area contributed by atoms with Crippen LogP contribution < -0.4 is 0 Å². The van der Waals surface area contributed by atoms with Gasteiger partial charge in [-0.3, -0.25) is 4.98 Å². The summed E-state index contributed by atoms with van der Waals surface area (Å²) in [6, 6.07) is 10.5. The van der Waals surface area contributed by atoms with E-state index in [-0.39, 0.29) is 0 Å². The number of hydrogen-bond acceptors (Lipinski definition) is 2. The summed E-state index contributed by atoms with van der Waals surface area (Å²) in [7, 11) is 0. The molecule has 17 heavy (non-hydrogen) atoms. The molecule has 0 radical (unpaired) electrons. The highest BCUT2D eigenvalue weighted by Crippen LogP contribution is 2.18. The minimum absolute atomic E-state index is 0.912. The van der Waals surface area contributed by atoms with Crippen LogP contribution in [0, 0.1) is 0 Å². The monoisotopic (exact) mass is 222 g/mol. The lowest BCUT2D eigenvalue weighted by atomic mass is 10.1. The molecule has 1 aromatic heterocycles. The molecule has 2 aromatic rings. The van der Waals surface area contributed by atoms with Crippen LogP contribution in [-0.2, 0) is 6.54 Å². The van der Waals surface area contributed by atoms with Crippen molar-refractivity contribution < 1.29 is 0 Å². The molecule has 1 aliphatic rings. The SMILES string of the molecule is C1=CCN(Cc2cccc3cccnc23)C=C1. The van der Waals surface area contributed by atoms with Gasteiger partial charge in [0.05, 0.1) is 5.52 Å². The van der Waals surface area contributed by atoms with Gasteiger partial charge in [0.2, 0.25) is 0 Å². The topological polar surface area (TPSA) is 16.1 Å². The van der Waals surface area contributed by atoms with Gasteiger partial charge in [-0.1, -0.05) is 36.4 Å². The van der Waals surface area contributed by atoms with Crippen molar-refractivity contribution >= 4 is 10.9 Å². The maximum Gasteiger partial charge on any atom is 0.0751 e. The Balaban J connectivity index is 1.94. The highest BCUT2D eigenvalue weighted by molar-refractivity contribution is 5.81. The second-order valence-corrected chi connectivity index (χ2v) is 4.19. The first-order valence-electron chi connectivity index (χ1n) is 5.83. The number of pyridine rings is 1. The lowest BCUT2D eigenvalue weighted by Crippen LogP contribution is -2.18. The van der Waals surface area contributed by atoms with E-state index in [1.54, 1.807) is 0 Å². The normalized spacial score (nSPS) is 14.5. The molecule has 84 valence electrons. The number of fused-ring (bicyclic) bond motifs is 1. The molecular weight excluding hydrogens is 208 g/mol. The van der Waals surface area contributed by atoms with E-state index < -0.39 is 0 Å². The largest absolute Gasteiger partial charge is 0.369 e. The van der Waals surface area contributed by atoms with Gasteiger partial charge in [-0.2, -0.15) is 0 Å². The summed E-state index contributed by atoms with van der Waals surface area (Å²) in [4.78, 5) is 6.76. The molecule has 0 amide bonds. The second kappa shape index (κ2) is 4.42. The van der Waals surface area contributed by atoms with E-state index in [2.05, 4.69) is 58.6 Å². The lowest BCUT2D eigenvalue weighted by Gasteiger charge is -2.21. The summed E-state index contributed by atoms with van der Waals surface area (Å²) in [5.41, 5.74) is 2.39. The molecule has 0 atom stereocenters. The number of rotatable bonds is 2. The van der Waals surface area contributed by atoms with E-state index in [1.165, 1.54) is 10.9 Å². The Labute approximate surface area is 101 Å². The predicted molar refractivity (Wildman–Crippen MR) is 70.4 cm³/mol. The zero-order valence-corrected chi connectivity index (χ0v) is 9.58. The maximum absolute atomic E-state index is 4.48. The third-order valence-electron chi connectivity index (χ3n) is 2.97. The van der Waals surface area contributed by atoms with Crippen LogP contribution >= 0.6 is 0 Å². The minimum atomic E-state index is 0.912. The molecule has 2 heteroatoms. The van der Waals surface area contributed by atoms with Crippen molar-refractivity contribution in [2.75, 3.05) is 6.54 Å². The van der Waals surface area contributed by atoms with Gasteiger partial charge >= 0.3 is 0 Å². The molecule has 0 saturated heterocycles. The minimum Gasteiger partial charge on any atom is -0.369 e. The Morgan fingerprint density at radius 3 is 2.94 bits per heavy atom. The highest BCUT2D eigenvalue weighted by atomic mass is 15.1. The van der Waals surface area contributed by atoms with Crippen molar-refractivity contribution in [3.63, 3.8) is 0 Å². The van der Waals surface area contributed by atoms with Gasteiger partial charge in [-0.15, -0.1) is 0 Å². The standard InChI is InChI=1S/C15H14N2/c1-2-10-17(11-3-1)12-14-7-4-6-13-8-5-9-16-15(13)14/h1-10H,11-12H2. The van der Waals surface area contributed by atoms with E-state index in [4.69, 9.17) is 0 Å². The summed E-state index contributed by atoms with van der Waals surface area (Å²) in [5.74, 6) is 0. The first-order valence-corrected chi connectivity index (χ1v) is 5.83. The van der Waals surface area contributed by atoms with Crippen LogP contribution in [0.5, 0.6) is 0 Å². The molecule has 2 nitrogen and oxygen atoms in total. The van der Waals surface area contributed by atoms with E-state index in [9.17, 15) is 0 Å². The van der Waals surface area contributed by atoms with Crippen LogP contribution in [0.25, 0.3) is 10.9 Å². The van der Waals surface area contributed by atoms with E-state index in [1.807, 2.05) is 12.3 Å². The average molecular weight is 222 g/mol. The molecule has 0 N–H and O–H groups in total. The van der Waals surface area contributed by atoms with Crippen molar-refractivity contribution in [3.05, 3.63) is 66.5 Å². The second-order valence-electron chi connectivity index (χ2n) is 4.19. The molecule has 1 aliphatic heterocycles. The predicted octanol–water partition coefficient (Wildman–Crippen LogP) is 3.12. The van der Waals surface area contributed by atoms with E-state index in [0.29, 0.717) is 0 Å². The van der Waals surface area contributed by atoms with Gasteiger partial charge in [-0.25, -0.2) is 0 Å². The Kier molecular flexibility index (Phi) is 2.62. The number of benzene rings is 1. The smallest absolute Gasteiger partial charge is 0.0751 e. The Morgan fingerprint density at radius 1 is 1.12 bits per heavy atom. The highest BCUT2D eigenvalue weighted by Gasteiger charge is 2.05. The van der Waals surface area contributed by atoms with Gasteiger partial charge in [0.1, 0.15) is 0 Å². The van der Waals surface area contributed by atoms with Crippen LogP contribution in [-0.4, -0.2) is 16.4 Å². The number of nitrogens with zero attached hydrogens (tertiary/aromatic N) is 2. The molecule has 0 spiro atoms. The number of hydrogen-bond donors (Lipinski definition) is 0. The van der Waals surface area contributed by atoms with Gasteiger partial charge in [0, 0.05) is 24.7 Å². The van der Waals surface area contributed by atoms with Crippen LogP contribution in [0.15, 0.2) is 61.0 Å². The van der Waals surface area contributed by atoms with Crippen molar-refractivity contribution in [1.29, 1.82) is 0 Å². The molecule has 0 fully saturated rings. The summed E-state index contributed by atoms with van der Waals surface area (Å²) >= 11 is 0. The molecule has 0 bridgehead atoms. The van der Waals surface area contributed by atoms with Crippen molar-refractivity contribution in [1.82, 2.24) is 9.88 Å². The van der Waals surface area contributed by atoms with Crippen molar-refractivity contribution in [2.45, 2.75) is 6.54 Å². The molecule has 0 saturated carbocycles. The van der Waals surface area contributed by atoms with Crippen LogP contribution in [0.2, 0.25) is 0 Å². The summed E-state index contributed by atoms with van der Waals surface area (Å²) in [6.07, 6.45) is 10.3. The molecule has 0 aliphatic carbocycles. The first kappa shape index (κ1) is 10.1. The average Bonchev–Trinajstić information content (AvgIpc) is 2.40. The molecule has 0 unspecified atom stereocenters. The Hall–Kier alpha value is -2.09. The Bertz CT molecular complexity index is 579. The fourth-order valence-corrected chi connectivity index (χ4v) is 2.14. The molecule has 2 heterocycles. The van der Waals surface area contributed by atoms with Gasteiger partial charge in [0.15, 0.2) is 0 Å². The molecule has 3 rings (SSSR count). The Morgan fingerprint density at radius 2 is 2.06 bits per heavy atom. The van der Waals surface area contributed by atoms with Gasteiger partial charge < -0.3 is 4.90 Å². The van der Waals surface area contributed by atoms with Crippen molar-refractivity contribution in [3.8, 4) is 0 Å². The number of allylic oxidation sites excluding steroid dienone is 2. The van der Waals surface area contributed by atoms with Gasteiger partial charge in [-0.05, 0) is 23.9 Å². The van der Waals surface area contributed by atoms with Crippen LogP contribution in [0.3, 0.4) is 0 Å². The number of para-hydroxylation sites is 1. The third kappa shape index (κ3) is 2.07. The van der Waals surface area contributed by atoms with Crippen LogP contribution in [0.4, 0.5) is 0 Å². The first-order chi connectivity index (χ1) is 8.43. The zero-order valence-electron chi connectivity index (χ0n) is 9.58.